The molecular formula is C20H16Cl2FN3O2. The van der Waals surface area contributed by atoms with Crippen molar-refractivity contribution in [3.8, 4) is 11.4 Å². The van der Waals surface area contributed by atoms with Gasteiger partial charge in [-0.05, 0) is 43.2 Å². The van der Waals surface area contributed by atoms with Crippen molar-refractivity contribution in [3.63, 3.8) is 0 Å². The van der Waals surface area contributed by atoms with Crippen LogP contribution in [-0.4, -0.2) is 34.0 Å². The molecule has 1 aromatic heterocycles. The second-order valence-corrected chi connectivity index (χ2v) is 7.53. The van der Waals surface area contributed by atoms with Crippen molar-refractivity contribution in [1.82, 2.24) is 15.0 Å². The van der Waals surface area contributed by atoms with Crippen LogP contribution in [0.1, 0.15) is 35.0 Å². The molecule has 5 nitrogen and oxygen atoms in total. The number of piperidine rings is 1. The Morgan fingerprint density at radius 3 is 2.46 bits per heavy atom. The summed E-state index contributed by atoms with van der Waals surface area (Å²) in [5, 5.41) is 4.76. The molecule has 0 N–H and O–H groups in total. The summed E-state index contributed by atoms with van der Waals surface area (Å²) >= 11 is 12.0. The zero-order chi connectivity index (χ0) is 19.7. The van der Waals surface area contributed by atoms with Crippen LogP contribution in [0.25, 0.3) is 11.4 Å². The minimum Gasteiger partial charge on any atom is -0.339 e. The largest absolute Gasteiger partial charge is 0.339 e. The Hall–Kier alpha value is -2.44. The number of hydrogen-bond donors (Lipinski definition) is 0. The summed E-state index contributed by atoms with van der Waals surface area (Å²) in [5.41, 5.74) is 0.776. The Morgan fingerprint density at radius 2 is 1.79 bits per heavy atom. The second-order valence-electron chi connectivity index (χ2n) is 6.66. The molecule has 0 atom stereocenters. The van der Waals surface area contributed by atoms with Crippen LogP contribution in [0.3, 0.4) is 0 Å². The molecule has 1 amide bonds. The summed E-state index contributed by atoms with van der Waals surface area (Å²) in [6.07, 6.45) is 1.36. The first-order valence-corrected chi connectivity index (χ1v) is 9.61. The molecule has 0 aliphatic carbocycles. The quantitative estimate of drug-likeness (QED) is 0.584. The molecule has 28 heavy (non-hydrogen) atoms. The highest BCUT2D eigenvalue weighted by Gasteiger charge is 2.28. The van der Waals surface area contributed by atoms with Gasteiger partial charge in [0.05, 0.1) is 5.56 Å². The molecule has 3 aromatic rings. The lowest BCUT2D eigenvalue weighted by molar-refractivity contribution is 0.0704. The molecule has 1 aliphatic rings. The van der Waals surface area contributed by atoms with E-state index in [-0.39, 0.29) is 17.6 Å². The number of hydrogen-bond acceptors (Lipinski definition) is 4. The molecule has 1 saturated heterocycles. The second kappa shape index (κ2) is 7.89. The molecule has 0 unspecified atom stereocenters. The molecule has 144 valence electrons. The number of rotatable bonds is 3. The smallest absolute Gasteiger partial charge is 0.253 e. The van der Waals surface area contributed by atoms with Crippen LogP contribution in [0.15, 0.2) is 47.0 Å². The van der Waals surface area contributed by atoms with Gasteiger partial charge in [-0.3, -0.25) is 4.79 Å². The summed E-state index contributed by atoms with van der Waals surface area (Å²) in [6, 6.07) is 11.1. The Morgan fingerprint density at radius 1 is 1.11 bits per heavy atom. The van der Waals surface area contributed by atoms with E-state index in [0.29, 0.717) is 53.0 Å². The lowest BCUT2D eigenvalue weighted by Gasteiger charge is -2.30. The third-order valence-corrected chi connectivity index (χ3v) is 5.23. The summed E-state index contributed by atoms with van der Waals surface area (Å²) in [7, 11) is 0. The van der Waals surface area contributed by atoms with Crippen molar-refractivity contribution in [1.29, 1.82) is 0 Å². The summed E-state index contributed by atoms with van der Waals surface area (Å²) < 4.78 is 19.3. The van der Waals surface area contributed by atoms with Crippen LogP contribution in [0.2, 0.25) is 10.0 Å². The van der Waals surface area contributed by atoms with Gasteiger partial charge in [-0.15, -0.1) is 0 Å². The van der Waals surface area contributed by atoms with E-state index < -0.39 is 5.82 Å². The molecular weight excluding hydrogens is 404 g/mol. The molecule has 2 aromatic carbocycles. The minimum atomic E-state index is -0.393. The van der Waals surface area contributed by atoms with Gasteiger partial charge in [-0.1, -0.05) is 40.5 Å². The predicted molar refractivity (Wildman–Crippen MR) is 104 cm³/mol. The van der Waals surface area contributed by atoms with E-state index >= 15 is 0 Å². The van der Waals surface area contributed by atoms with Gasteiger partial charge in [0, 0.05) is 34.6 Å². The van der Waals surface area contributed by atoms with Gasteiger partial charge in [-0.2, -0.15) is 4.98 Å². The van der Waals surface area contributed by atoms with Crippen LogP contribution < -0.4 is 0 Å². The van der Waals surface area contributed by atoms with Crippen molar-refractivity contribution >= 4 is 29.1 Å². The minimum absolute atomic E-state index is 0.0278. The van der Waals surface area contributed by atoms with Crippen molar-refractivity contribution in [2.45, 2.75) is 18.8 Å². The monoisotopic (exact) mass is 419 g/mol. The first kappa shape index (κ1) is 18.9. The topological polar surface area (TPSA) is 59.2 Å². The van der Waals surface area contributed by atoms with Crippen LogP contribution in [0.4, 0.5) is 4.39 Å². The highest BCUT2D eigenvalue weighted by molar-refractivity contribution is 6.35. The van der Waals surface area contributed by atoms with E-state index in [9.17, 15) is 9.18 Å². The Labute approximate surface area is 171 Å². The average Bonchev–Trinajstić information content (AvgIpc) is 3.17. The number of benzene rings is 2. The van der Waals surface area contributed by atoms with E-state index in [1.165, 1.54) is 6.07 Å². The molecule has 2 heterocycles. The van der Waals surface area contributed by atoms with Crippen LogP contribution in [-0.2, 0) is 0 Å². The molecule has 0 radical (unpaired) electrons. The zero-order valence-electron chi connectivity index (χ0n) is 14.7. The van der Waals surface area contributed by atoms with Gasteiger partial charge in [0.1, 0.15) is 5.82 Å². The molecule has 8 heteroatoms. The first-order chi connectivity index (χ1) is 13.5. The average molecular weight is 420 g/mol. The van der Waals surface area contributed by atoms with Crippen LogP contribution in [0, 0.1) is 5.82 Å². The summed E-state index contributed by atoms with van der Waals surface area (Å²) in [6.45, 7) is 1.09. The maximum Gasteiger partial charge on any atom is 0.253 e. The Balaban J connectivity index is 1.43. The third-order valence-electron chi connectivity index (χ3n) is 4.80. The van der Waals surface area contributed by atoms with Crippen molar-refractivity contribution < 1.29 is 13.7 Å². The number of nitrogens with zero attached hydrogens (tertiary/aromatic N) is 3. The van der Waals surface area contributed by atoms with E-state index in [4.69, 9.17) is 27.7 Å². The highest BCUT2D eigenvalue weighted by atomic mass is 35.5. The third kappa shape index (κ3) is 3.88. The van der Waals surface area contributed by atoms with Crippen LogP contribution in [0.5, 0.6) is 0 Å². The maximum absolute atomic E-state index is 13.9. The zero-order valence-corrected chi connectivity index (χ0v) is 16.3. The maximum atomic E-state index is 13.9. The normalized spacial score (nSPS) is 15.0. The van der Waals surface area contributed by atoms with E-state index in [2.05, 4.69) is 10.1 Å². The fourth-order valence-corrected chi connectivity index (χ4v) is 3.87. The van der Waals surface area contributed by atoms with Crippen LogP contribution >= 0.6 is 23.2 Å². The fourth-order valence-electron chi connectivity index (χ4n) is 3.34. The molecule has 1 fully saturated rings. The molecule has 1 aliphatic heterocycles. The van der Waals surface area contributed by atoms with Gasteiger partial charge in [0.2, 0.25) is 11.7 Å². The number of carbonyl (C=O) groups is 1. The first-order valence-electron chi connectivity index (χ1n) is 8.85. The van der Waals surface area contributed by atoms with Gasteiger partial charge >= 0.3 is 0 Å². The Bertz CT molecular complexity index is 996. The SMILES string of the molecule is O=C(c1cc(Cl)cc(Cl)c1)N1CCC(c2nc(-c3ccccc3F)no2)CC1. The van der Waals surface area contributed by atoms with Crippen molar-refractivity contribution in [3.05, 3.63) is 69.8 Å². The van der Waals surface area contributed by atoms with Gasteiger partial charge < -0.3 is 9.42 Å². The number of halogens is 3. The molecule has 4 rings (SSSR count). The van der Waals surface area contributed by atoms with Gasteiger partial charge in [0.15, 0.2) is 0 Å². The standard InChI is InChI=1S/C20H16Cl2FN3O2/c21-14-9-13(10-15(22)11-14)20(27)26-7-5-12(6-8-26)19-24-18(25-28-19)16-3-1-2-4-17(16)23/h1-4,9-12H,5-8H2. The lowest BCUT2D eigenvalue weighted by atomic mass is 9.96. The van der Waals surface area contributed by atoms with E-state index in [1.807, 2.05) is 0 Å². The van der Waals surface area contributed by atoms with E-state index in [0.717, 1.165) is 0 Å². The number of carbonyl (C=O) groups excluding carboxylic acids is 1. The Kier molecular flexibility index (Phi) is 5.33. The molecule has 0 saturated carbocycles. The fraction of sp³-hybridized carbons (Fsp3) is 0.250. The van der Waals surface area contributed by atoms with Gasteiger partial charge in [0.25, 0.3) is 5.91 Å². The highest BCUT2D eigenvalue weighted by Crippen LogP contribution is 2.30. The number of aromatic nitrogens is 2. The molecule has 0 spiro atoms. The van der Waals surface area contributed by atoms with Crippen molar-refractivity contribution in [2.75, 3.05) is 13.1 Å². The lowest BCUT2D eigenvalue weighted by Crippen LogP contribution is -2.38. The van der Waals surface area contributed by atoms with E-state index in [1.54, 1.807) is 41.3 Å². The summed E-state index contributed by atoms with van der Waals surface area (Å²) in [4.78, 5) is 18.8. The number of likely N-dealkylation sites (tertiary alicyclic amines) is 1. The summed E-state index contributed by atoms with van der Waals surface area (Å²) in [5.74, 6) is 0.229. The number of amides is 1. The molecule has 0 bridgehead atoms. The van der Waals surface area contributed by atoms with Crippen molar-refractivity contribution in [2.24, 2.45) is 0 Å². The predicted octanol–water partition coefficient (Wildman–Crippen LogP) is 5.20. The van der Waals surface area contributed by atoms with Gasteiger partial charge in [-0.25, -0.2) is 4.39 Å².